The van der Waals surface area contributed by atoms with E-state index in [0.717, 1.165) is 16.8 Å². The summed E-state index contributed by atoms with van der Waals surface area (Å²) in [4.78, 5) is 78.0. The highest BCUT2D eigenvalue weighted by Gasteiger charge is 2.26. The molecule has 0 unspecified atom stereocenters. The van der Waals surface area contributed by atoms with Gasteiger partial charge in [-0.05, 0) is 35.4 Å². The van der Waals surface area contributed by atoms with E-state index in [4.69, 9.17) is 21.0 Å². The molecule has 0 spiro atoms. The lowest BCUT2D eigenvalue weighted by atomic mass is 10.0. The predicted molar refractivity (Wildman–Crippen MR) is 147 cm³/mol. The van der Waals surface area contributed by atoms with Crippen molar-refractivity contribution >= 4 is 46.3 Å². The number of aryl methyl sites for hydroxylation is 1. The van der Waals surface area contributed by atoms with Crippen LogP contribution in [0.1, 0.15) is 58.9 Å². The molecule has 0 saturated heterocycles. The quantitative estimate of drug-likeness (QED) is 0.153. The first-order chi connectivity index (χ1) is 20.4. The monoisotopic (exact) mass is 586 g/mol. The van der Waals surface area contributed by atoms with Crippen molar-refractivity contribution in [3.05, 3.63) is 98.9 Å². The zero-order valence-electron chi connectivity index (χ0n) is 22.2. The molecular formula is C27H22N8O8. The lowest BCUT2D eigenvalue weighted by Crippen LogP contribution is -2.38. The number of carboxylic acids is 1. The average Bonchev–Trinajstić information content (AvgIpc) is 3.54. The van der Waals surface area contributed by atoms with Gasteiger partial charge in [0.25, 0.3) is 17.7 Å². The average molecular weight is 587 g/mol. The Morgan fingerprint density at radius 3 is 2.40 bits per heavy atom. The number of nitrogens with one attached hydrogen (secondary N) is 2. The van der Waals surface area contributed by atoms with Gasteiger partial charge in [0.05, 0.1) is 17.3 Å². The summed E-state index contributed by atoms with van der Waals surface area (Å²) in [5, 5.41) is 18.2. The molecule has 5 rings (SSSR count). The van der Waals surface area contributed by atoms with Gasteiger partial charge in [0, 0.05) is 19.7 Å². The molecular weight excluding hydrogens is 564 g/mol. The SMILES string of the molecule is Cn1c(=O)oc2ccc(CNC(=O)c3cc(C(=O)N[C@@H](C(N)=O)c4ccc(C(=O)O)cc4)n4ncc(C(N)=O)c4n3)cc21. The van der Waals surface area contributed by atoms with Crippen LogP contribution < -0.4 is 27.9 Å². The Kier molecular flexibility index (Phi) is 7.17. The number of rotatable bonds is 9. The Bertz CT molecular complexity index is 2020. The zero-order valence-corrected chi connectivity index (χ0v) is 22.2. The number of aromatic nitrogens is 4. The number of benzene rings is 2. The molecule has 3 aromatic heterocycles. The lowest BCUT2D eigenvalue weighted by Gasteiger charge is -2.17. The molecule has 0 aliphatic rings. The fraction of sp³-hybridized carbons (Fsp3) is 0.111. The molecule has 0 bridgehead atoms. The van der Waals surface area contributed by atoms with E-state index in [1.165, 1.54) is 35.9 Å². The van der Waals surface area contributed by atoms with Crippen LogP contribution in [0.2, 0.25) is 0 Å². The van der Waals surface area contributed by atoms with E-state index < -0.39 is 41.4 Å². The van der Waals surface area contributed by atoms with Gasteiger partial charge in [0.15, 0.2) is 11.2 Å². The van der Waals surface area contributed by atoms with Gasteiger partial charge in [0.1, 0.15) is 23.0 Å². The number of primary amides is 2. The van der Waals surface area contributed by atoms with E-state index >= 15 is 0 Å². The van der Waals surface area contributed by atoms with Crippen molar-refractivity contribution < 1.29 is 33.5 Å². The number of hydrogen-bond donors (Lipinski definition) is 5. The first kappa shape index (κ1) is 28.2. The van der Waals surface area contributed by atoms with Crippen molar-refractivity contribution in [1.29, 1.82) is 0 Å². The van der Waals surface area contributed by atoms with Crippen LogP contribution in [0.25, 0.3) is 16.7 Å². The molecule has 0 radical (unpaired) electrons. The number of carbonyl (C=O) groups is 5. The molecule has 3 heterocycles. The third-order valence-corrected chi connectivity index (χ3v) is 6.56. The number of aromatic carboxylic acids is 1. The number of carbonyl (C=O) groups excluding carboxylic acids is 4. The molecule has 218 valence electrons. The third-order valence-electron chi connectivity index (χ3n) is 6.56. The number of oxazole rings is 1. The van der Waals surface area contributed by atoms with Gasteiger partial charge >= 0.3 is 11.7 Å². The molecule has 1 atom stereocenters. The van der Waals surface area contributed by atoms with Crippen molar-refractivity contribution in [2.24, 2.45) is 18.5 Å². The van der Waals surface area contributed by atoms with Gasteiger partial charge in [-0.1, -0.05) is 18.2 Å². The first-order valence-electron chi connectivity index (χ1n) is 12.4. The van der Waals surface area contributed by atoms with Crippen molar-refractivity contribution in [2.45, 2.75) is 12.6 Å². The van der Waals surface area contributed by atoms with Crippen molar-refractivity contribution in [2.75, 3.05) is 0 Å². The molecule has 2 aromatic carbocycles. The number of fused-ring (bicyclic) bond motifs is 2. The predicted octanol–water partition coefficient (Wildman–Crippen LogP) is -0.142. The zero-order chi connectivity index (χ0) is 31.0. The Hall–Kier alpha value is -6.32. The molecule has 5 aromatic rings. The van der Waals surface area contributed by atoms with Gasteiger partial charge in [0.2, 0.25) is 5.91 Å². The third kappa shape index (κ3) is 5.39. The Morgan fingerprint density at radius 1 is 1.02 bits per heavy atom. The Morgan fingerprint density at radius 2 is 1.74 bits per heavy atom. The van der Waals surface area contributed by atoms with Crippen molar-refractivity contribution in [3.8, 4) is 0 Å². The van der Waals surface area contributed by atoms with Crippen LogP contribution in [-0.4, -0.2) is 53.9 Å². The maximum Gasteiger partial charge on any atom is 0.419 e. The molecule has 7 N–H and O–H groups in total. The fourth-order valence-corrected chi connectivity index (χ4v) is 4.31. The highest BCUT2D eigenvalue weighted by atomic mass is 16.4. The summed E-state index contributed by atoms with van der Waals surface area (Å²) in [6.45, 7) is 0.000555. The number of carboxylic acid groups (broad SMARTS) is 1. The second-order valence-electron chi connectivity index (χ2n) is 9.33. The summed E-state index contributed by atoms with van der Waals surface area (Å²) in [5.74, 6) is -5.25. The molecule has 0 fully saturated rings. The van der Waals surface area contributed by atoms with Gasteiger partial charge in [-0.2, -0.15) is 5.10 Å². The highest BCUT2D eigenvalue weighted by Crippen LogP contribution is 2.18. The van der Waals surface area contributed by atoms with E-state index in [-0.39, 0.29) is 40.3 Å². The largest absolute Gasteiger partial charge is 0.478 e. The number of nitrogens with two attached hydrogens (primary N) is 2. The van der Waals surface area contributed by atoms with Crippen LogP contribution in [-0.2, 0) is 18.4 Å². The molecule has 0 aliphatic heterocycles. The summed E-state index contributed by atoms with van der Waals surface area (Å²) in [5.41, 5.74) is 11.7. The van der Waals surface area contributed by atoms with Gasteiger partial charge in [-0.15, -0.1) is 0 Å². The van der Waals surface area contributed by atoms with Crippen molar-refractivity contribution in [1.82, 2.24) is 29.8 Å². The highest BCUT2D eigenvalue weighted by molar-refractivity contribution is 6.03. The van der Waals surface area contributed by atoms with Crippen molar-refractivity contribution in [3.63, 3.8) is 0 Å². The van der Waals surface area contributed by atoms with Gasteiger partial charge < -0.3 is 31.6 Å². The fourth-order valence-electron chi connectivity index (χ4n) is 4.31. The smallest absolute Gasteiger partial charge is 0.419 e. The molecule has 0 saturated carbocycles. The summed E-state index contributed by atoms with van der Waals surface area (Å²) in [7, 11) is 1.54. The van der Waals surface area contributed by atoms with E-state index in [2.05, 4.69) is 20.7 Å². The van der Waals surface area contributed by atoms with Crippen LogP contribution in [0.4, 0.5) is 0 Å². The number of nitrogens with zero attached hydrogens (tertiary/aromatic N) is 4. The summed E-state index contributed by atoms with van der Waals surface area (Å²) < 4.78 is 7.40. The van der Waals surface area contributed by atoms with Crippen LogP contribution >= 0.6 is 0 Å². The molecule has 16 nitrogen and oxygen atoms in total. The minimum Gasteiger partial charge on any atom is -0.478 e. The molecule has 0 aliphatic carbocycles. The maximum atomic E-state index is 13.4. The summed E-state index contributed by atoms with van der Waals surface area (Å²) >= 11 is 0. The van der Waals surface area contributed by atoms with Gasteiger partial charge in [-0.25, -0.2) is 19.1 Å². The molecule has 16 heteroatoms. The Labute approximate surface area is 239 Å². The first-order valence-corrected chi connectivity index (χ1v) is 12.4. The van der Waals surface area contributed by atoms with Crippen LogP contribution in [0, 0.1) is 0 Å². The van der Waals surface area contributed by atoms with E-state index in [0.29, 0.717) is 16.7 Å². The lowest BCUT2D eigenvalue weighted by molar-refractivity contribution is -0.120. The molecule has 43 heavy (non-hydrogen) atoms. The van der Waals surface area contributed by atoms with Crippen LogP contribution in [0.15, 0.2) is 63.9 Å². The van der Waals surface area contributed by atoms with E-state index in [1.807, 2.05) is 0 Å². The Balaban J connectivity index is 1.46. The standard InChI is InChI=1S/C27H22N8O8/c1-34-17-8-12(2-7-19(17)43-27(34)42)10-30-24(38)16-9-18(35-23(32-16)15(11-31-35)21(28)36)25(39)33-20(22(29)37)13-3-5-14(6-4-13)26(40)41/h2-9,11,20H,10H2,1H3,(H2,28,36)(H2,29,37)(H,30,38)(H,33,39)(H,40,41)/t20-/m1/s1. The maximum absolute atomic E-state index is 13.4. The minimum absolute atomic E-state index is 0.000555. The number of amides is 4. The van der Waals surface area contributed by atoms with Crippen LogP contribution in [0.3, 0.4) is 0 Å². The summed E-state index contributed by atoms with van der Waals surface area (Å²) in [6, 6.07) is 9.71. The second-order valence-corrected chi connectivity index (χ2v) is 9.33. The van der Waals surface area contributed by atoms with E-state index in [9.17, 15) is 28.8 Å². The normalized spacial score (nSPS) is 11.7. The van der Waals surface area contributed by atoms with Gasteiger partial charge in [-0.3, -0.25) is 23.7 Å². The topological polar surface area (TPSA) is 247 Å². The molecule has 4 amide bonds. The second kappa shape index (κ2) is 10.9. The summed E-state index contributed by atoms with van der Waals surface area (Å²) in [6.07, 6.45) is 1.07. The van der Waals surface area contributed by atoms with Crippen LogP contribution in [0.5, 0.6) is 0 Å². The minimum atomic E-state index is -1.39. The number of hydrogen-bond acceptors (Lipinski definition) is 9. The van der Waals surface area contributed by atoms with E-state index in [1.54, 1.807) is 18.2 Å².